The van der Waals surface area contributed by atoms with Crippen molar-refractivity contribution in [2.45, 2.75) is 0 Å². The van der Waals surface area contributed by atoms with E-state index < -0.39 is 7.12 Å². The number of carbonyl (C=O) groups is 1. The van der Waals surface area contributed by atoms with E-state index >= 15 is 0 Å². The summed E-state index contributed by atoms with van der Waals surface area (Å²) in [5, 5.41) is 18.6. The van der Waals surface area contributed by atoms with Gasteiger partial charge in [-0.05, 0) is 18.2 Å². The lowest BCUT2D eigenvalue weighted by Gasteiger charge is -2.27. The zero-order valence-corrected chi connectivity index (χ0v) is 10.7. The van der Waals surface area contributed by atoms with Gasteiger partial charge in [-0.15, -0.1) is 0 Å². The third-order valence-electron chi connectivity index (χ3n) is 3.05. The van der Waals surface area contributed by atoms with Gasteiger partial charge >= 0.3 is 7.12 Å². The summed E-state index contributed by atoms with van der Waals surface area (Å²) < 4.78 is 10.2. The Bertz CT molecular complexity index is 459. The molecule has 0 bridgehead atoms. The van der Waals surface area contributed by atoms with E-state index in [0.717, 1.165) is 0 Å². The van der Waals surface area contributed by atoms with Crippen molar-refractivity contribution in [3.8, 4) is 5.75 Å². The van der Waals surface area contributed by atoms with Crippen molar-refractivity contribution in [2.75, 3.05) is 33.4 Å². The maximum atomic E-state index is 12.2. The number of hydrogen-bond acceptors (Lipinski definition) is 5. The Morgan fingerprint density at radius 1 is 1.37 bits per heavy atom. The van der Waals surface area contributed by atoms with E-state index in [1.54, 1.807) is 17.0 Å². The zero-order chi connectivity index (χ0) is 13.8. The third-order valence-corrected chi connectivity index (χ3v) is 3.05. The first-order valence-electron chi connectivity index (χ1n) is 6.04. The molecule has 1 saturated heterocycles. The summed E-state index contributed by atoms with van der Waals surface area (Å²) in [5.74, 6) is 0.196. The van der Waals surface area contributed by atoms with Gasteiger partial charge in [0.2, 0.25) is 0 Å². The average molecular weight is 265 g/mol. The molecule has 0 aliphatic carbocycles. The summed E-state index contributed by atoms with van der Waals surface area (Å²) in [6.45, 7) is 2.14. The predicted molar refractivity (Wildman–Crippen MR) is 69.5 cm³/mol. The number of rotatable bonds is 3. The monoisotopic (exact) mass is 265 g/mol. The van der Waals surface area contributed by atoms with Gasteiger partial charge in [-0.3, -0.25) is 4.79 Å². The second kappa shape index (κ2) is 6.05. The number of carbonyl (C=O) groups excluding carboxylic acids is 1. The molecule has 1 aromatic rings. The molecule has 0 spiro atoms. The van der Waals surface area contributed by atoms with E-state index in [2.05, 4.69) is 0 Å². The Balaban J connectivity index is 2.24. The molecular weight excluding hydrogens is 249 g/mol. The van der Waals surface area contributed by atoms with E-state index in [9.17, 15) is 14.8 Å². The van der Waals surface area contributed by atoms with Crippen molar-refractivity contribution in [3.05, 3.63) is 23.8 Å². The van der Waals surface area contributed by atoms with E-state index in [4.69, 9.17) is 9.47 Å². The molecule has 19 heavy (non-hydrogen) atoms. The molecule has 2 N–H and O–H groups in total. The maximum absolute atomic E-state index is 12.2. The van der Waals surface area contributed by atoms with Crippen LogP contribution < -0.4 is 10.2 Å². The third kappa shape index (κ3) is 3.06. The molecule has 102 valence electrons. The van der Waals surface area contributed by atoms with Gasteiger partial charge in [-0.1, -0.05) is 0 Å². The van der Waals surface area contributed by atoms with E-state index in [1.807, 2.05) is 0 Å². The van der Waals surface area contributed by atoms with Crippen molar-refractivity contribution >= 4 is 18.5 Å². The van der Waals surface area contributed by atoms with Crippen LogP contribution in [-0.2, 0) is 4.74 Å². The van der Waals surface area contributed by atoms with Crippen LogP contribution in [0.3, 0.4) is 0 Å². The summed E-state index contributed by atoms with van der Waals surface area (Å²) in [6, 6.07) is 4.62. The number of morpholine rings is 1. The van der Waals surface area contributed by atoms with Gasteiger partial charge in [-0.2, -0.15) is 0 Å². The molecule has 0 aromatic heterocycles. The predicted octanol–water partition coefficient (Wildman–Crippen LogP) is -1.15. The molecule has 1 aliphatic heterocycles. The molecular formula is C12H16BNO5. The van der Waals surface area contributed by atoms with Crippen LogP contribution in [-0.4, -0.2) is 61.4 Å². The molecule has 7 heteroatoms. The molecule has 0 radical (unpaired) electrons. The standard InChI is InChI=1S/C12H16BNO5/c1-18-11-3-2-9(8-10(11)13(16)17)12(15)14-4-6-19-7-5-14/h2-3,8,16-17H,4-7H2,1H3. The Morgan fingerprint density at radius 2 is 2.05 bits per heavy atom. The zero-order valence-electron chi connectivity index (χ0n) is 10.7. The van der Waals surface area contributed by atoms with Crippen LogP contribution in [0.4, 0.5) is 0 Å². The van der Waals surface area contributed by atoms with Crippen LogP contribution in [0.25, 0.3) is 0 Å². The SMILES string of the molecule is COc1ccc(C(=O)N2CCOCC2)cc1B(O)O. The molecule has 2 rings (SSSR count). The van der Waals surface area contributed by atoms with Crippen LogP contribution in [0.1, 0.15) is 10.4 Å². The van der Waals surface area contributed by atoms with Gasteiger partial charge in [0, 0.05) is 24.1 Å². The number of nitrogens with zero attached hydrogens (tertiary/aromatic N) is 1. The fourth-order valence-corrected chi connectivity index (χ4v) is 2.02. The fourth-order valence-electron chi connectivity index (χ4n) is 2.02. The van der Waals surface area contributed by atoms with Crippen molar-refractivity contribution in [1.29, 1.82) is 0 Å². The molecule has 1 amide bonds. The Hall–Kier alpha value is -1.57. The van der Waals surface area contributed by atoms with Crippen molar-refractivity contribution in [2.24, 2.45) is 0 Å². The molecule has 1 fully saturated rings. The highest BCUT2D eigenvalue weighted by Crippen LogP contribution is 2.12. The van der Waals surface area contributed by atoms with Crippen molar-refractivity contribution in [1.82, 2.24) is 4.90 Å². The number of benzene rings is 1. The minimum absolute atomic E-state index is 0.146. The maximum Gasteiger partial charge on any atom is 0.492 e. The molecule has 0 unspecified atom stereocenters. The normalized spacial score (nSPS) is 15.2. The highest BCUT2D eigenvalue weighted by atomic mass is 16.5. The molecule has 6 nitrogen and oxygen atoms in total. The first kappa shape index (κ1) is 13.9. The van der Waals surface area contributed by atoms with Crippen LogP contribution in [0.2, 0.25) is 0 Å². The highest BCUT2D eigenvalue weighted by Gasteiger charge is 2.22. The Morgan fingerprint density at radius 3 is 2.63 bits per heavy atom. The summed E-state index contributed by atoms with van der Waals surface area (Å²) in [5.41, 5.74) is 0.590. The lowest BCUT2D eigenvalue weighted by molar-refractivity contribution is 0.0303. The van der Waals surface area contributed by atoms with Crippen LogP contribution in [0.5, 0.6) is 5.75 Å². The van der Waals surface area contributed by atoms with E-state index in [0.29, 0.717) is 37.6 Å². The van der Waals surface area contributed by atoms with Gasteiger partial charge in [0.1, 0.15) is 5.75 Å². The summed E-state index contributed by atoms with van der Waals surface area (Å²) in [6.07, 6.45) is 0. The van der Waals surface area contributed by atoms with Gasteiger partial charge in [0.15, 0.2) is 0 Å². The van der Waals surface area contributed by atoms with Crippen molar-refractivity contribution in [3.63, 3.8) is 0 Å². The summed E-state index contributed by atoms with van der Waals surface area (Å²) in [7, 11) is -0.239. The second-order valence-electron chi connectivity index (χ2n) is 4.23. The first-order valence-corrected chi connectivity index (χ1v) is 6.04. The summed E-state index contributed by atoms with van der Waals surface area (Å²) >= 11 is 0. The fraction of sp³-hybridized carbons (Fsp3) is 0.417. The largest absolute Gasteiger partial charge is 0.497 e. The van der Waals surface area contributed by atoms with Gasteiger partial charge in [0.25, 0.3) is 5.91 Å². The van der Waals surface area contributed by atoms with Crippen molar-refractivity contribution < 1.29 is 24.3 Å². The van der Waals surface area contributed by atoms with E-state index in [-0.39, 0.29) is 11.4 Å². The van der Waals surface area contributed by atoms with Crippen LogP contribution >= 0.6 is 0 Å². The second-order valence-corrected chi connectivity index (χ2v) is 4.23. The van der Waals surface area contributed by atoms with Gasteiger partial charge < -0.3 is 24.4 Å². The minimum atomic E-state index is -1.67. The first-order chi connectivity index (χ1) is 9.13. The number of methoxy groups -OCH3 is 1. The number of hydrogen-bond donors (Lipinski definition) is 2. The average Bonchev–Trinajstić information content (AvgIpc) is 2.46. The number of ether oxygens (including phenoxy) is 2. The lowest BCUT2D eigenvalue weighted by atomic mass is 9.78. The molecule has 0 saturated carbocycles. The lowest BCUT2D eigenvalue weighted by Crippen LogP contribution is -2.41. The molecule has 1 aromatic carbocycles. The van der Waals surface area contributed by atoms with Crippen LogP contribution in [0.15, 0.2) is 18.2 Å². The van der Waals surface area contributed by atoms with Crippen LogP contribution in [0, 0.1) is 0 Å². The number of amides is 1. The molecule has 1 aliphatic rings. The highest BCUT2D eigenvalue weighted by molar-refractivity contribution is 6.59. The Labute approximate surface area is 111 Å². The van der Waals surface area contributed by atoms with Gasteiger partial charge in [-0.25, -0.2) is 0 Å². The molecule has 1 heterocycles. The minimum Gasteiger partial charge on any atom is -0.497 e. The van der Waals surface area contributed by atoms with Gasteiger partial charge in [0.05, 0.1) is 20.3 Å². The van der Waals surface area contributed by atoms with E-state index in [1.165, 1.54) is 13.2 Å². The smallest absolute Gasteiger partial charge is 0.492 e. The topological polar surface area (TPSA) is 79.2 Å². The quantitative estimate of drug-likeness (QED) is 0.674. The Kier molecular flexibility index (Phi) is 4.41. The summed E-state index contributed by atoms with van der Waals surface area (Å²) in [4.78, 5) is 13.9. The molecule has 0 atom stereocenters.